The molecule has 0 saturated heterocycles. The maximum Gasteiger partial charge on any atom is 0.166 e. The van der Waals surface area contributed by atoms with Gasteiger partial charge >= 0.3 is 0 Å². The van der Waals surface area contributed by atoms with Crippen molar-refractivity contribution in [2.24, 2.45) is 0 Å². The van der Waals surface area contributed by atoms with E-state index in [1.54, 1.807) is 12.2 Å². The van der Waals surface area contributed by atoms with E-state index in [1.807, 2.05) is 41.3 Å². The third-order valence-electron chi connectivity index (χ3n) is 2.30. The molecule has 0 radical (unpaired) electrons. The fraction of sp³-hybridized carbons (Fsp3) is 0.133. The van der Waals surface area contributed by atoms with E-state index in [-0.39, 0.29) is 0 Å². The molecule has 17 heavy (non-hydrogen) atoms. The summed E-state index contributed by atoms with van der Waals surface area (Å²) in [6.45, 7) is 8.63. The molecule has 0 atom stereocenters. The Morgan fingerprint density at radius 3 is 2.18 bits per heavy atom. The van der Waals surface area contributed by atoms with Gasteiger partial charge in [0, 0.05) is 13.1 Å². The van der Waals surface area contributed by atoms with Gasteiger partial charge in [0.2, 0.25) is 0 Å². The molecule has 88 valence electrons. The van der Waals surface area contributed by atoms with Gasteiger partial charge in [-0.25, -0.2) is 0 Å². The van der Waals surface area contributed by atoms with E-state index >= 15 is 0 Å². The van der Waals surface area contributed by atoms with Gasteiger partial charge in [-0.05, 0) is 11.6 Å². The second-order valence-electron chi connectivity index (χ2n) is 3.58. The second-order valence-corrected chi connectivity index (χ2v) is 3.58. The standard InChI is InChI=1S/C15H17NO/c1-3-10-16(11-4-2)15(13-17)12-14-8-6-5-7-9-14/h3-9,12-13H,1-2,10-11H2. The van der Waals surface area contributed by atoms with Gasteiger partial charge < -0.3 is 4.90 Å². The first-order valence-corrected chi connectivity index (χ1v) is 5.50. The molecule has 0 heterocycles. The van der Waals surface area contributed by atoms with E-state index in [2.05, 4.69) is 13.2 Å². The van der Waals surface area contributed by atoms with Gasteiger partial charge in [-0.3, -0.25) is 4.79 Å². The minimum absolute atomic E-state index is 0.628. The van der Waals surface area contributed by atoms with Crippen LogP contribution in [0, 0.1) is 0 Å². The van der Waals surface area contributed by atoms with Crippen LogP contribution in [-0.4, -0.2) is 24.3 Å². The summed E-state index contributed by atoms with van der Waals surface area (Å²) in [4.78, 5) is 13.0. The molecular formula is C15H17NO. The Bertz CT molecular complexity index is 396. The first-order valence-electron chi connectivity index (χ1n) is 5.50. The molecule has 0 aliphatic heterocycles. The van der Waals surface area contributed by atoms with Crippen molar-refractivity contribution in [2.75, 3.05) is 13.1 Å². The fourth-order valence-corrected chi connectivity index (χ4v) is 1.52. The summed E-state index contributed by atoms with van der Waals surface area (Å²) in [5, 5.41) is 0. The van der Waals surface area contributed by atoms with Crippen molar-refractivity contribution in [2.45, 2.75) is 0 Å². The van der Waals surface area contributed by atoms with Crippen LogP contribution < -0.4 is 0 Å². The van der Waals surface area contributed by atoms with Gasteiger partial charge in [0.25, 0.3) is 0 Å². The zero-order valence-corrected chi connectivity index (χ0v) is 9.88. The molecule has 0 amide bonds. The smallest absolute Gasteiger partial charge is 0.166 e. The lowest BCUT2D eigenvalue weighted by molar-refractivity contribution is -0.106. The molecule has 0 spiro atoms. The molecule has 0 aliphatic carbocycles. The highest BCUT2D eigenvalue weighted by Crippen LogP contribution is 2.09. The topological polar surface area (TPSA) is 20.3 Å². The maximum absolute atomic E-state index is 11.1. The molecule has 0 bridgehead atoms. The number of hydrogen-bond donors (Lipinski definition) is 0. The molecule has 0 aliphatic rings. The van der Waals surface area contributed by atoms with Gasteiger partial charge in [0.15, 0.2) is 6.29 Å². The van der Waals surface area contributed by atoms with Crippen LogP contribution >= 0.6 is 0 Å². The zero-order chi connectivity index (χ0) is 12.5. The lowest BCUT2D eigenvalue weighted by Crippen LogP contribution is -2.23. The quantitative estimate of drug-likeness (QED) is 0.405. The summed E-state index contributed by atoms with van der Waals surface area (Å²) in [6, 6.07) is 9.76. The summed E-state index contributed by atoms with van der Waals surface area (Å²) in [5.74, 6) is 0. The Morgan fingerprint density at radius 2 is 1.71 bits per heavy atom. The highest BCUT2D eigenvalue weighted by atomic mass is 16.1. The average molecular weight is 227 g/mol. The van der Waals surface area contributed by atoms with E-state index in [1.165, 1.54) is 0 Å². The van der Waals surface area contributed by atoms with Crippen molar-refractivity contribution < 1.29 is 4.79 Å². The number of rotatable bonds is 7. The molecule has 0 N–H and O–H groups in total. The Kier molecular flexibility index (Phi) is 5.52. The summed E-state index contributed by atoms with van der Waals surface area (Å²) < 4.78 is 0. The number of aldehydes is 1. The number of benzene rings is 1. The number of hydrogen-bond acceptors (Lipinski definition) is 2. The second kappa shape index (κ2) is 7.23. The number of allylic oxidation sites excluding steroid dienone is 1. The van der Waals surface area contributed by atoms with Crippen molar-refractivity contribution in [1.29, 1.82) is 0 Å². The molecular weight excluding hydrogens is 210 g/mol. The van der Waals surface area contributed by atoms with Crippen molar-refractivity contribution in [1.82, 2.24) is 4.90 Å². The van der Waals surface area contributed by atoms with E-state index in [9.17, 15) is 4.79 Å². The summed E-state index contributed by atoms with van der Waals surface area (Å²) in [6.07, 6.45) is 6.26. The van der Waals surface area contributed by atoms with Crippen LogP contribution in [-0.2, 0) is 4.79 Å². The first kappa shape index (κ1) is 13.0. The van der Waals surface area contributed by atoms with Crippen molar-refractivity contribution >= 4 is 12.4 Å². The molecule has 0 aromatic heterocycles. The van der Waals surface area contributed by atoms with Crippen molar-refractivity contribution in [3.05, 3.63) is 66.9 Å². The molecule has 0 unspecified atom stereocenters. The predicted molar refractivity (Wildman–Crippen MR) is 72.5 cm³/mol. The molecule has 1 aromatic rings. The Labute approximate surface area is 103 Å². The van der Waals surface area contributed by atoms with E-state index in [0.717, 1.165) is 11.8 Å². The minimum Gasteiger partial charge on any atom is -0.361 e. The third-order valence-corrected chi connectivity index (χ3v) is 2.30. The molecule has 2 nitrogen and oxygen atoms in total. The normalized spacial score (nSPS) is 10.7. The van der Waals surface area contributed by atoms with E-state index < -0.39 is 0 Å². The van der Waals surface area contributed by atoms with Crippen LogP contribution in [0.2, 0.25) is 0 Å². The minimum atomic E-state index is 0.628. The highest BCUT2D eigenvalue weighted by Gasteiger charge is 2.05. The van der Waals surface area contributed by atoms with Crippen LogP contribution in [0.25, 0.3) is 6.08 Å². The lowest BCUT2D eigenvalue weighted by Gasteiger charge is -2.21. The van der Waals surface area contributed by atoms with Crippen molar-refractivity contribution in [3.8, 4) is 0 Å². The van der Waals surface area contributed by atoms with Gasteiger partial charge in [-0.1, -0.05) is 42.5 Å². The Morgan fingerprint density at radius 1 is 1.12 bits per heavy atom. The lowest BCUT2D eigenvalue weighted by atomic mass is 10.2. The molecule has 1 rings (SSSR count). The summed E-state index contributed by atoms with van der Waals surface area (Å²) >= 11 is 0. The third kappa shape index (κ3) is 4.11. The Balaban J connectivity index is 2.95. The van der Waals surface area contributed by atoms with Crippen LogP contribution in [0.4, 0.5) is 0 Å². The molecule has 2 heteroatoms. The molecule has 0 saturated carbocycles. The van der Waals surface area contributed by atoms with E-state index in [0.29, 0.717) is 18.8 Å². The van der Waals surface area contributed by atoms with Crippen molar-refractivity contribution in [3.63, 3.8) is 0 Å². The SMILES string of the molecule is C=CCN(CC=C)C(C=O)=Cc1ccccc1. The van der Waals surface area contributed by atoms with Gasteiger partial charge in [0.05, 0.1) is 5.70 Å². The summed E-state index contributed by atoms with van der Waals surface area (Å²) in [5.41, 5.74) is 1.64. The van der Waals surface area contributed by atoms with E-state index in [4.69, 9.17) is 0 Å². The monoisotopic (exact) mass is 227 g/mol. The van der Waals surface area contributed by atoms with Gasteiger partial charge in [-0.15, -0.1) is 13.2 Å². The fourth-order valence-electron chi connectivity index (χ4n) is 1.52. The average Bonchev–Trinajstić information content (AvgIpc) is 2.37. The Hall–Kier alpha value is -2.09. The zero-order valence-electron chi connectivity index (χ0n) is 9.88. The predicted octanol–water partition coefficient (Wildman–Crippen LogP) is 2.90. The van der Waals surface area contributed by atoms with Crippen LogP contribution in [0.1, 0.15) is 5.56 Å². The molecule has 0 fully saturated rings. The molecule has 1 aromatic carbocycles. The highest BCUT2D eigenvalue weighted by molar-refractivity contribution is 5.80. The number of carbonyl (C=O) groups excluding carboxylic acids is 1. The van der Waals surface area contributed by atoms with Crippen LogP contribution in [0.3, 0.4) is 0 Å². The summed E-state index contributed by atoms with van der Waals surface area (Å²) in [7, 11) is 0. The van der Waals surface area contributed by atoms with Crippen LogP contribution in [0.15, 0.2) is 61.3 Å². The van der Waals surface area contributed by atoms with Crippen LogP contribution in [0.5, 0.6) is 0 Å². The number of nitrogens with zero attached hydrogens (tertiary/aromatic N) is 1. The van der Waals surface area contributed by atoms with Gasteiger partial charge in [-0.2, -0.15) is 0 Å². The number of carbonyl (C=O) groups is 1. The maximum atomic E-state index is 11.1. The largest absolute Gasteiger partial charge is 0.361 e. The first-order chi connectivity index (χ1) is 8.31. The van der Waals surface area contributed by atoms with Gasteiger partial charge in [0.1, 0.15) is 0 Å².